The maximum Gasteiger partial charge on any atom is 0.337 e. The molecule has 3 nitrogen and oxygen atoms in total. The van der Waals surface area contributed by atoms with Crippen molar-refractivity contribution in [3.05, 3.63) is 34.9 Å². The lowest BCUT2D eigenvalue weighted by Gasteiger charge is -2.02. The van der Waals surface area contributed by atoms with E-state index in [1.807, 2.05) is 6.07 Å². The van der Waals surface area contributed by atoms with Gasteiger partial charge in [0.2, 0.25) is 0 Å². The van der Waals surface area contributed by atoms with Gasteiger partial charge in [-0.2, -0.15) is 0 Å². The molecule has 0 spiro atoms. The van der Waals surface area contributed by atoms with Crippen molar-refractivity contribution >= 4 is 5.97 Å². The van der Waals surface area contributed by atoms with Crippen LogP contribution in [-0.4, -0.2) is 24.7 Å². The number of hydrogen-bond donors (Lipinski definition) is 2. The second kappa shape index (κ2) is 5.18. The van der Waals surface area contributed by atoms with Crippen molar-refractivity contribution in [3.8, 4) is 11.8 Å². The van der Waals surface area contributed by atoms with Gasteiger partial charge >= 0.3 is 5.97 Å². The van der Waals surface area contributed by atoms with Gasteiger partial charge in [-0.1, -0.05) is 24.0 Å². The second-order valence-corrected chi connectivity index (χ2v) is 3.13. The van der Waals surface area contributed by atoms with Gasteiger partial charge < -0.3 is 10.4 Å². The second-order valence-electron chi connectivity index (χ2n) is 3.13. The van der Waals surface area contributed by atoms with Crippen molar-refractivity contribution in [1.29, 1.82) is 0 Å². The van der Waals surface area contributed by atoms with Crippen LogP contribution in [0, 0.1) is 18.8 Å². The summed E-state index contributed by atoms with van der Waals surface area (Å²) in [6.45, 7) is 2.32. The van der Waals surface area contributed by atoms with Gasteiger partial charge in [0.05, 0.1) is 12.1 Å². The Morgan fingerprint density at radius 3 is 2.87 bits per heavy atom. The molecule has 0 aliphatic rings. The number of rotatable bonds is 2. The normalized spacial score (nSPS) is 9.20. The van der Waals surface area contributed by atoms with E-state index in [0.29, 0.717) is 17.7 Å². The first-order chi connectivity index (χ1) is 7.16. The highest BCUT2D eigenvalue weighted by Crippen LogP contribution is 2.12. The zero-order valence-electron chi connectivity index (χ0n) is 8.79. The van der Waals surface area contributed by atoms with Crippen LogP contribution in [-0.2, 0) is 0 Å². The van der Waals surface area contributed by atoms with Gasteiger partial charge in [-0.3, -0.25) is 0 Å². The van der Waals surface area contributed by atoms with E-state index in [9.17, 15) is 4.79 Å². The molecule has 0 heterocycles. The summed E-state index contributed by atoms with van der Waals surface area (Å²) in [6.07, 6.45) is 0. The average Bonchev–Trinajstić information content (AvgIpc) is 2.17. The molecule has 0 radical (unpaired) electrons. The van der Waals surface area contributed by atoms with Crippen molar-refractivity contribution < 1.29 is 9.90 Å². The molecule has 0 aliphatic carbocycles. The van der Waals surface area contributed by atoms with Crippen LogP contribution in [0.4, 0.5) is 0 Å². The molecular weight excluding hydrogens is 190 g/mol. The molecule has 1 aromatic carbocycles. The molecule has 0 fully saturated rings. The van der Waals surface area contributed by atoms with Crippen molar-refractivity contribution in [3.63, 3.8) is 0 Å². The summed E-state index contributed by atoms with van der Waals surface area (Å²) in [7, 11) is 1.79. The zero-order chi connectivity index (χ0) is 11.3. The van der Waals surface area contributed by atoms with Gasteiger partial charge in [0, 0.05) is 5.56 Å². The molecule has 1 aromatic rings. The van der Waals surface area contributed by atoms with E-state index in [1.54, 1.807) is 26.1 Å². The molecule has 0 saturated carbocycles. The quantitative estimate of drug-likeness (QED) is 0.711. The minimum Gasteiger partial charge on any atom is -0.478 e. The molecule has 15 heavy (non-hydrogen) atoms. The predicted molar refractivity (Wildman–Crippen MR) is 58.9 cm³/mol. The molecule has 3 heteroatoms. The van der Waals surface area contributed by atoms with Crippen LogP contribution in [0.5, 0.6) is 0 Å². The van der Waals surface area contributed by atoms with E-state index in [1.165, 1.54) is 0 Å². The Morgan fingerprint density at radius 2 is 2.27 bits per heavy atom. The number of benzene rings is 1. The molecule has 78 valence electrons. The molecule has 0 bridgehead atoms. The van der Waals surface area contributed by atoms with Gasteiger partial charge in [-0.15, -0.1) is 0 Å². The SMILES string of the molecule is CNCC#Cc1cccc(C)c1C(=O)O. The summed E-state index contributed by atoms with van der Waals surface area (Å²) < 4.78 is 0. The highest BCUT2D eigenvalue weighted by molar-refractivity contribution is 5.92. The van der Waals surface area contributed by atoms with Crippen LogP contribution in [0.2, 0.25) is 0 Å². The van der Waals surface area contributed by atoms with E-state index < -0.39 is 5.97 Å². The fourth-order valence-electron chi connectivity index (χ4n) is 1.28. The summed E-state index contributed by atoms with van der Waals surface area (Å²) in [4.78, 5) is 11.0. The van der Waals surface area contributed by atoms with E-state index in [-0.39, 0.29) is 0 Å². The first kappa shape index (κ1) is 11.3. The molecule has 0 amide bonds. The lowest BCUT2D eigenvalue weighted by atomic mass is 10.0. The fraction of sp³-hybridized carbons (Fsp3) is 0.250. The van der Waals surface area contributed by atoms with Crippen molar-refractivity contribution in [1.82, 2.24) is 5.32 Å². The summed E-state index contributed by atoms with van der Waals surface area (Å²) in [6, 6.07) is 5.30. The molecule has 0 aromatic heterocycles. The van der Waals surface area contributed by atoms with Gasteiger partial charge in [-0.05, 0) is 25.6 Å². The highest BCUT2D eigenvalue weighted by atomic mass is 16.4. The van der Waals surface area contributed by atoms with Crippen LogP contribution in [0.15, 0.2) is 18.2 Å². The smallest absolute Gasteiger partial charge is 0.337 e. The summed E-state index contributed by atoms with van der Waals surface area (Å²) in [5.41, 5.74) is 1.60. The predicted octanol–water partition coefficient (Wildman–Crippen LogP) is 1.26. The number of aromatic carboxylic acids is 1. The van der Waals surface area contributed by atoms with Crippen LogP contribution in [0.3, 0.4) is 0 Å². The number of carbonyl (C=O) groups is 1. The van der Waals surface area contributed by atoms with Crippen molar-refractivity contribution in [2.75, 3.05) is 13.6 Å². The highest BCUT2D eigenvalue weighted by Gasteiger charge is 2.10. The third kappa shape index (κ3) is 2.83. The van der Waals surface area contributed by atoms with Gasteiger partial charge in [-0.25, -0.2) is 4.79 Å². The monoisotopic (exact) mass is 203 g/mol. The fourth-order valence-corrected chi connectivity index (χ4v) is 1.28. The Bertz CT molecular complexity index is 427. The Kier molecular flexibility index (Phi) is 3.90. The molecule has 0 unspecified atom stereocenters. The van der Waals surface area contributed by atoms with Crippen LogP contribution in [0.25, 0.3) is 0 Å². The molecule has 2 N–H and O–H groups in total. The summed E-state index contributed by atoms with van der Waals surface area (Å²) >= 11 is 0. The molecule has 0 aliphatic heterocycles. The maximum atomic E-state index is 11.0. The third-order valence-corrected chi connectivity index (χ3v) is 1.97. The minimum atomic E-state index is -0.929. The largest absolute Gasteiger partial charge is 0.478 e. The van der Waals surface area contributed by atoms with E-state index in [0.717, 1.165) is 5.56 Å². The lowest BCUT2D eigenvalue weighted by Crippen LogP contribution is -2.06. The van der Waals surface area contributed by atoms with Gasteiger partial charge in [0.25, 0.3) is 0 Å². The van der Waals surface area contributed by atoms with Crippen LogP contribution in [0.1, 0.15) is 21.5 Å². The third-order valence-electron chi connectivity index (χ3n) is 1.97. The number of nitrogens with one attached hydrogen (secondary N) is 1. The summed E-state index contributed by atoms with van der Waals surface area (Å²) in [5.74, 6) is 4.76. The number of aryl methyl sites for hydroxylation is 1. The number of carboxylic acid groups (broad SMARTS) is 1. The van der Waals surface area contributed by atoms with Gasteiger partial charge in [0.1, 0.15) is 0 Å². The van der Waals surface area contributed by atoms with Crippen molar-refractivity contribution in [2.24, 2.45) is 0 Å². The molecule has 0 saturated heterocycles. The number of carboxylic acids is 1. The average molecular weight is 203 g/mol. The van der Waals surface area contributed by atoms with Crippen molar-refractivity contribution in [2.45, 2.75) is 6.92 Å². The lowest BCUT2D eigenvalue weighted by molar-refractivity contribution is 0.0696. The van der Waals surface area contributed by atoms with Gasteiger partial charge in [0.15, 0.2) is 0 Å². The Balaban J connectivity index is 3.13. The zero-order valence-corrected chi connectivity index (χ0v) is 8.79. The van der Waals surface area contributed by atoms with Crippen LogP contribution < -0.4 is 5.32 Å². The minimum absolute atomic E-state index is 0.293. The Hall–Kier alpha value is -1.79. The van der Waals surface area contributed by atoms with E-state index in [4.69, 9.17) is 5.11 Å². The first-order valence-electron chi connectivity index (χ1n) is 4.63. The molecular formula is C12H13NO2. The topological polar surface area (TPSA) is 49.3 Å². The molecule has 1 rings (SSSR count). The van der Waals surface area contributed by atoms with E-state index >= 15 is 0 Å². The number of hydrogen-bond acceptors (Lipinski definition) is 2. The maximum absolute atomic E-state index is 11.0. The molecule has 0 atom stereocenters. The Morgan fingerprint density at radius 1 is 1.53 bits per heavy atom. The summed E-state index contributed by atoms with van der Waals surface area (Å²) in [5, 5.41) is 11.9. The van der Waals surface area contributed by atoms with Crippen LogP contribution >= 0.6 is 0 Å². The standard InChI is InChI=1S/C12H13NO2/c1-9-5-3-6-10(7-4-8-13-2)11(9)12(14)15/h3,5-6,13H,8H2,1-2H3,(H,14,15). The Labute approximate surface area is 89.1 Å². The first-order valence-corrected chi connectivity index (χ1v) is 4.63. The van der Waals surface area contributed by atoms with E-state index in [2.05, 4.69) is 17.2 Å².